The molecule has 1 aliphatic rings. The summed E-state index contributed by atoms with van der Waals surface area (Å²) in [5.41, 5.74) is -0.420. The lowest BCUT2D eigenvalue weighted by molar-refractivity contribution is -0.147. The number of hydrogen-bond donors (Lipinski definition) is 0. The highest BCUT2D eigenvalue weighted by Crippen LogP contribution is 2.33. The molecule has 0 aromatic carbocycles. The lowest BCUT2D eigenvalue weighted by Gasteiger charge is -2.32. The lowest BCUT2D eigenvalue weighted by atomic mass is 9.73. The molecule has 0 saturated carbocycles. The van der Waals surface area contributed by atoms with E-state index in [-0.39, 0.29) is 30.0 Å². The minimum atomic E-state index is -0.420. The predicted octanol–water partition coefficient (Wildman–Crippen LogP) is 2.21. The average Bonchev–Trinajstić information content (AvgIpc) is 2.34. The van der Waals surface area contributed by atoms with Gasteiger partial charge in [0, 0.05) is 24.5 Å². The number of ether oxygens (including phenoxy) is 2. The fraction of sp³-hybridized carbons (Fsp3) is 0.857. The second-order valence-corrected chi connectivity index (χ2v) is 5.95. The van der Waals surface area contributed by atoms with E-state index < -0.39 is 5.41 Å². The van der Waals surface area contributed by atoms with Gasteiger partial charge in [-0.2, -0.15) is 0 Å². The molecule has 0 aromatic heterocycles. The van der Waals surface area contributed by atoms with Gasteiger partial charge in [-0.15, -0.1) is 0 Å². The Hall–Kier alpha value is -0.900. The molecule has 4 heteroatoms. The molecule has 0 aromatic rings. The summed E-state index contributed by atoms with van der Waals surface area (Å²) in [6.07, 6.45) is 1.89. The summed E-state index contributed by atoms with van der Waals surface area (Å²) >= 11 is 0. The van der Waals surface area contributed by atoms with Crippen molar-refractivity contribution in [3.8, 4) is 0 Å². The van der Waals surface area contributed by atoms with Crippen molar-refractivity contribution in [1.82, 2.24) is 0 Å². The number of hydrogen-bond acceptors (Lipinski definition) is 4. The third-order valence-corrected chi connectivity index (χ3v) is 3.53. The third-order valence-electron chi connectivity index (χ3n) is 3.53. The molecule has 1 atom stereocenters. The lowest BCUT2D eigenvalue weighted by Crippen LogP contribution is -2.37. The van der Waals surface area contributed by atoms with Crippen molar-refractivity contribution in [2.24, 2.45) is 17.3 Å². The molecule has 0 unspecified atom stereocenters. The second-order valence-electron chi connectivity index (χ2n) is 5.95. The van der Waals surface area contributed by atoms with Gasteiger partial charge in [0.1, 0.15) is 5.78 Å². The molecule has 18 heavy (non-hydrogen) atoms. The maximum Gasteiger partial charge on any atom is 0.306 e. The van der Waals surface area contributed by atoms with Crippen molar-refractivity contribution >= 4 is 11.8 Å². The van der Waals surface area contributed by atoms with Crippen molar-refractivity contribution in [3.05, 3.63) is 0 Å². The van der Waals surface area contributed by atoms with E-state index in [2.05, 4.69) is 0 Å². The molecule has 1 heterocycles. The van der Waals surface area contributed by atoms with Crippen LogP contribution in [-0.2, 0) is 19.1 Å². The quantitative estimate of drug-likeness (QED) is 0.724. The maximum atomic E-state index is 12.5. The Bertz CT molecular complexity index is 297. The van der Waals surface area contributed by atoms with E-state index in [9.17, 15) is 9.59 Å². The third kappa shape index (κ3) is 4.09. The molecule has 0 bridgehead atoms. The zero-order valence-corrected chi connectivity index (χ0v) is 11.8. The maximum absolute atomic E-state index is 12.5. The largest absolute Gasteiger partial charge is 0.469 e. The van der Waals surface area contributed by atoms with Crippen molar-refractivity contribution in [1.29, 1.82) is 0 Å². The molecular weight excluding hydrogens is 232 g/mol. The van der Waals surface area contributed by atoms with E-state index >= 15 is 0 Å². The number of rotatable bonds is 4. The predicted molar refractivity (Wildman–Crippen MR) is 68.1 cm³/mol. The van der Waals surface area contributed by atoms with Gasteiger partial charge in [0.2, 0.25) is 0 Å². The molecule has 0 aliphatic carbocycles. The number of ketones is 1. The van der Waals surface area contributed by atoms with E-state index in [1.54, 1.807) is 0 Å². The normalized spacial score (nSPS) is 19.3. The molecule has 4 nitrogen and oxygen atoms in total. The van der Waals surface area contributed by atoms with Crippen molar-refractivity contribution in [3.63, 3.8) is 0 Å². The standard InChI is InChI=1S/C14H24O4/c1-14(2,3)13(16)11(9-12(15)17-4)10-5-7-18-8-6-10/h10-11H,5-9H2,1-4H3/t11-/m0/s1. The number of methoxy groups -OCH3 is 1. The molecule has 0 N–H and O–H groups in total. The first-order valence-electron chi connectivity index (χ1n) is 6.55. The minimum Gasteiger partial charge on any atom is -0.469 e. The molecule has 104 valence electrons. The first-order valence-corrected chi connectivity index (χ1v) is 6.55. The van der Waals surface area contributed by atoms with Gasteiger partial charge in [0.15, 0.2) is 0 Å². The van der Waals surface area contributed by atoms with Crippen molar-refractivity contribution in [2.75, 3.05) is 20.3 Å². The molecule has 0 radical (unpaired) electrons. The SMILES string of the molecule is COC(=O)C[C@H](C(=O)C(C)(C)C)C1CCOCC1. The number of carbonyl (C=O) groups excluding carboxylic acids is 2. The van der Waals surface area contributed by atoms with Crippen LogP contribution < -0.4 is 0 Å². The fourth-order valence-electron chi connectivity index (χ4n) is 2.41. The summed E-state index contributed by atoms with van der Waals surface area (Å²) in [7, 11) is 1.37. The highest BCUT2D eigenvalue weighted by atomic mass is 16.5. The Kier molecular flexibility index (Phi) is 5.32. The first kappa shape index (κ1) is 15.2. The Labute approximate surface area is 109 Å². The number of Topliss-reactive ketones (excluding diaryl/α,β-unsaturated/α-hetero) is 1. The Morgan fingerprint density at radius 1 is 1.28 bits per heavy atom. The topological polar surface area (TPSA) is 52.6 Å². The van der Waals surface area contributed by atoms with Gasteiger partial charge in [0.05, 0.1) is 13.5 Å². The van der Waals surface area contributed by atoms with Crippen LogP contribution >= 0.6 is 0 Å². The van der Waals surface area contributed by atoms with Gasteiger partial charge in [-0.1, -0.05) is 20.8 Å². The van der Waals surface area contributed by atoms with Gasteiger partial charge in [0.25, 0.3) is 0 Å². The van der Waals surface area contributed by atoms with Gasteiger partial charge < -0.3 is 9.47 Å². The van der Waals surface area contributed by atoms with E-state index in [0.29, 0.717) is 13.2 Å². The van der Waals surface area contributed by atoms with Crippen LogP contribution in [0.25, 0.3) is 0 Å². The Balaban J connectivity index is 2.79. The minimum absolute atomic E-state index is 0.153. The van der Waals surface area contributed by atoms with Crippen molar-refractivity contribution < 1.29 is 19.1 Å². The van der Waals surface area contributed by atoms with Gasteiger partial charge in [-0.3, -0.25) is 9.59 Å². The highest BCUT2D eigenvalue weighted by Gasteiger charge is 2.37. The number of esters is 1. The van der Waals surface area contributed by atoms with E-state index in [1.807, 2.05) is 20.8 Å². The van der Waals surface area contributed by atoms with Crippen LogP contribution in [0.5, 0.6) is 0 Å². The fourth-order valence-corrected chi connectivity index (χ4v) is 2.41. The summed E-state index contributed by atoms with van der Waals surface area (Å²) in [5, 5.41) is 0. The van der Waals surface area contributed by atoms with Crippen LogP contribution in [0.2, 0.25) is 0 Å². The summed E-state index contributed by atoms with van der Waals surface area (Å²) in [6, 6.07) is 0. The zero-order valence-electron chi connectivity index (χ0n) is 11.8. The van der Waals surface area contributed by atoms with E-state index in [1.165, 1.54) is 7.11 Å². The second kappa shape index (κ2) is 6.32. The summed E-state index contributed by atoms with van der Waals surface area (Å²) in [5.74, 6) is -0.144. The first-order chi connectivity index (χ1) is 8.36. The average molecular weight is 256 g/mol. The molecule has 1 saturated heterocycles. The van der Waals surface area contributed by atoms with E-state index in [0.717, 1.165) is 12.8 Å². The highest BCUT2D eigenvalue weighted by molar-refractivity contribution is 5.89. The van der Waals surface area contributed by atoms with Gasteiger partial charge >= 0.3 is 5.97 Å². The molecule has 1 fully saturated rings. The van der Waals surface area contributed by atoms with Crippen LogP contribution in [0.1, 0.15) is 40.0 Å². The van der Waals surface area contributed by atoms with Gasteiger partial charge in [-0.05, 0) is 18.8 Å². The van der Waals surface area contributed by atoms with Gasteiger partial charge in [-0.25, -0.2) is 0 Å². The van der Waals surface area contributed by atoms with Crippen LogP contribution in [0, 0.1) is 17.3 Å². The van der Waals surface area contributed by atoms with Crippen LogP contribution in [0.3, 0.4) is 0 Å². The molecule has 1 aliphatic heterocycles. The Morgan fingerprint density at radius 2 is 1.83 bits per heavy atom. The van der Waals surface area contributed by atoms with E-state index in [4.69, 9.17) is 9.47 Å². The molecule has 0 spiro atoms. The van der Waals surface area contributed by atoms with Crippen LogP contribution in [0.15, 0.2) is 0 Å². The smallest absolute Gasteiger partial charge is 0.306 e. The molecule has 1 rings (SSSR count). The summed E-state index contributed by atoms with van der Waals surface area (Å²) in [4.78, 5) is 24.0. The molecular formula is C14H24O4. The molecule has 0 amide bonds. The Morgan fingerprint density at radius 3 is 2.28 bits per heavy atom. The van der Waals surface area contributed by atoms with Crippen LogP contribution in [-0.4, -0.2) is 32.1 Å². The zero-order chi connectivity index (χ0) is 13.8. The van der Waals surface area contributed by atoms with Crippen LogP contribution in [0.4, 0.5) is 0 Å². The summed E-state index contributed by atoms with van der Waals surface area (Å²) in [6.45, 7) is 7.07. The summed E-state index contributed by atoms with van der Waals surface area (Å²) < 4.78 is 10.0. The number of carbonyl (C=O) groups is 2. The van der Waals surface area contributed by atoms with Crippen molar-refractivity contribution in [2.45, 2.75) is 40.0 Å². The monoisotopic (exact) mass is 256 g/mol.